The van der Waals surface area contributed by atoms with E-state index in [1.165, 1.54) is 6.21 Å². The van der Waals surface area contributed by atoms with Crippen LogP contribution >= 0.6 is 23.2 Å². The lowest BCUT2D eigenvalue weighted by Crippen LogP contribution is -2.24. The second-order valence-electron chi connectivity index (χ2n) is 6.81. The van der Waals surface area contributed by atoms with Crippen LogP contribution in [0.2, 0.25) is 10.0 Å². The van der Waals surface area contributed by atoms with Gasteiger partial charge in [0.15, 0.2) is 0 Å². The van der Waals surface area contributed by atoms with E-state index < -0.39 is 18.2 Å². The maximum Gasteiger partial charge on any atom is 0.249 e. The van der Waals surface area contributed by atoms with Crippen molar-refractivity contribution in [2.24, 2.45) is 5.10 Å². The molecule has 0 saturated heterocycles. The number of anilines is 1. The number of ether oxygens (including phenoxy) is 2. The number of hydrazone groups is 1. The molecule has 2 amide bonds. The molecule has 0 aliphatic rings. The van der Waals surface area contributed by atoms with Gasteiger partial charge in [0.2, 0.25) is 11.8 Å². The fourth-order valence-corrected chi connectivity index (χ4v) is 3.13. The predicted octanol–water partition coefficient (Wildman–Crippen LogP) is 5.06. The van der Waals surface area contributed by atoms with Crippen LogP contribution in [0.5, 0.6) is 11.5 Å². The molecule has 2 N–H and O–H groups in total. The molecule has 0 aliphatic carbocycles. The summed E-state index contributed by atoms with van der Waals surface area (Å²) < 4.78 is 10.9. The van der Waals surface area contributed by atoms with Crippen LogP contribution < -0.4 is 20.2 Å². The summed E-state index contributed by atoms with van der Waals surface area (Å²) >= 11 is 12.2. The van der Waals surface area contributed by atoms with Gasteiger partial charge in [0.25, 0.3) is 0 Å². The summed E-state index contributed by atoms with van der Waals surface area (Å²) in [6.45, 7) is 0.250. The lowest BCUT2D eigenvalue weighted by molar-refractivity contribution is -0.126. The monoisotopic (exact) mass is 485 g/mol. The van der Waals surface area contributed by atoms with Gasteiger partial charge in [-0.3, -0.25) is 9.59 Å². The van der Waals surface area contributed by atoms with Crippen LogP contribution in [-0.2, 0) is 16.2 Å². The molecule has 0 spiro atoms. The van der Waals surface area contributed by atoms with E-state index >= 15 is 0 Å². The third kappa shape index (κ3) is 7.52. The van der Waals surface area contributed by atoms with Gasteiger partial charge in [0.05, 0.1) is 13.3 Å². The van der Waals surface area contributed by atoms with Crippen LogP contribution in [0.25, 0.3) is 0 Å². The molecular formula is C24H21Cl2N3O4. The molecule has 9 heteroatoms. The number of methoxy groups -OCH3 is 1. The molecule has 0 aliphatic heterocycles. The van der Waals surface area contributed by atoms with Gasteiger partial charge in [0.1, 0.15) is 24.5 Å². The predicted molar refractivity (Wildman–Crippen MR) is 129 cm³/mol. The van der Waals surface area contributed by atoms with Crippen LogP contribution in [0.1, 0.15) is 17.5 Å². The first-order chi connectivity index (χ1) is 15.9. The van der Waals surface area contributed by atoms with E-state index in [1.807, 2.05) is 18.2 Å². The van der Waals surface area contributed by atoms with Gasteiger partial charge < -0.3 is 14.8 Å². The Morgan fingerprint density at radius 3 is 2.48 bits per heavy atom. The van der Waals surface area contributed by atoms with Crippen molar-refractivity contribution in [1.82, 2.24) is 5.43 Å². The summed E-state index contributed by atoms with van der Waals surface area (Å²) in [4.78, 5) is 24.1. The van der Waals surface area contributed by atoms with E-state index in [0.717, 1.165) is 5.56 Å². The standard InChI is InChI=1S/C24H21Cl2N3O4/c1-32-20-9-7-19(8-10-20)28-23(30)13-24(31)29-27-14-17-12-18(25)6-11-22(17)33-15-16-4-2-3-5-21(16)26/h2-12,14H,13,15H2,1H3,(H,28,30)(H,29,31). The molecule has 3 rings (SSSR count). The van der Waals surface area contributed by atoms with Gasteiger partial charge in [-0.15, -0.1) is 0 Å². The third-order valence-corrected chi connectivity index (χ3v) is 5.00. The number of carbonyl (C=O) groups is 2. The van der Waals surface area contributed by atoms with Crippen LogP contribution in [0.15, 0.2) is 71.8 Å². The zero-order chi connectivity index (χ0) is 23.6. The van der Waals surface area contributed by atoms with Gasteiger partial charge in [-0.2, -0.15) is 5.10 Å². The van der Waals surface area contributed by atoms with Gasteiger partial charge in [-0.1, -0.05) is 41.4 Å². The second-order valence-corrected chi connectivity index (χ2v) is 7.65. The highest BCUT2D eigenvalue weighted by Gasteiger charge is 2.10. The maximum atomic E-state index is 12.1. The van der Waals surface area contributed by atoms with E-state index in [0.29, 0.717) is 32.8 Å². The molecule has 0 fully saturated rings. The second kappa shape index (κ2) is 11.9. The van der Waals surface area contributed by atoms with Crippen molar-refractivity contribution < 1.29 is 19.1 Å². The fraction of sp³-hybridized carbons (Fsp3) is 0.125. The largest absolute Gasteiger partial charge is 0.497 e. The van der Waals surface area contributed by atoms with E-state index in [1.54, 1.807) is 55.6 Å². The third-order valence-electron chi connectivity index (χ3n) is 4.40. The Morgan fingerprint density at radius 1 is 1.00 bits per heavy atom. The molecule has 0 bridgehead atoms. The SMILES string of the molecule is COc1ccc(NC(=O)CC(=O)NN=Cc2cc(Cl)ccc2OCc2ccccc2Cl)cc1. The Morgan fingerprint density at radius 2 is 1.76 bits per heavy atom. The van der Waals surface area contributed by atoms with Crippen molar-refractivity contribution >= 4 is 46.9 Å². The zero-order valence-corrected chi connectivity index (χ0v) is 19.2. The molecule has 3 aromatic carbocycles. The number of amides is 2. The number of hydrogen-bond donors (Lipinski definition) is 2. The minimum Gasteiger partial charge on any atom is -0.497 e. The molecule has 0 unspecified atom stereocenters. The fourth-order valence-electron chi connectivity index (χ4n) is 2.76. The number of nitrogens with one attached hydrogen (secondary N) is 2. The molecule has 0 aromatic heterocycles. The molecule has 0 saturated carbocycles. The number of hydrogen-bond acceptors (Lipinski definition) is 5. The molecule has 0 radical (unpaired) electrons. The number of halogens is 2. The van der Waals surface area contributed by atoms with Crippen molar-refractivity contribution in [2.75, 3.05) is 12.4 Å². The topological polar surface area (TPSA) is 89.0 Å². The molecule has 33 heavy (non-hydrogen) atoms. The Bertz CT molecular complexity index is 1150. The summed E-state index contributed by atoms with van der Waals surface area (Å²) in [6.07, 6.45) is 1.00. The Hall–Kier alpha value is -3.55. The first-order valence-electron chi connectivity index (χ1n) is 9.86. The quantitative estimate of drug-likeness (QED) is 0.251. The average Bonchev–Trinajstić information content (AvgIpc) is 2.80. The molecule has 7 nitrogen and oxygen atoms in total. The van der Waals surface area contributed by atoms with Gasteiger partial charge in [-0.25, -0.2) is 5.43 Å². The van der Waals surface area contributed by atoms with E-state index in [9.17, 15) is 9.59 Å². The smallest absolute Gasteiger partial charge is 0.249 e. The Labute approximate surface area is 201 Å². The number of benzene rings is 3. The summed E-state index contributed by atoms with van der Waals surface area (Å²) in [5.41, 5.74) is 4.26. The van der Waals surface area contributed by atoms with E-state index in [-0.39, 0.29) is 6.61 Å². The summed E-state index contributed by atoms with van der Waals surface area (Å²) in [5.74, 6) is 0.128. The van der Waals surface area contributed by atoms with E-state index in [2.05, 4.69) is 15.8 Å². The van der Waals surface area contributed by atoms with Crippen molar-refractivity contribution in [1.29, 1.82) is 0 Å². The number of nitrogens with zero attached hydrogens (tertiary/aromatic N) is 1. The highest BCUT2D eigenvalue weighted by Crippen LogP contribution is 2.24. The zero-order valence-electron chi connectivity index (χ0n) is 17.7. The van der Waals surface area contributed by atoms with Crippen LogP contribution in [0.3, 0.4) is 0 Å². The maximum absolute atomic E-state index is 12.1. The Kier molecular flexibility index (Phi) is 8.69. The highest BCUT2D eigenvalue weighted by molar-refractivity contribution is 6.31. The average molecular weight is 486 g/mol. The normalized spacial score (nSPS) is 10.6. The van der Waals surface area contributed by atoms with Crippen LogP contribution in [-0.4, -0.2) is 25.1 Å². The summed E-state index contributed by atoms with van der Waals surface area (Å²) in [6, 6.07) is 19.2. The van der Waals surface area contributed by atoms with Crippen LogP contribution in [0, 0.1) is 0 Å². The lowest BCUT2D eigenvalue weighted by atomic mass is 10.2. The minimum atomic E-state index is -0.571. The summed E-state index contributed by atoms with van der Waals surface area (Å²) in [5, 5.41) is 7.62. The first kappa shape index (κ1) is 24.1. The number of carbonyl (C=O) groups excluding carboxylic acids is 2. The van der Waals surface area contributed by atoms with Crippen molar-refractivity contribution in [3.8, 4) is 11.5 Å². The number of rotatable bonds is 9. The van der Waals surface area contributed by atoms with Crippen LogP contribution in [0.4, 0.5) is 5.69 Å². The summed E-state index contributed by atoms with van der Waals surface area (Å²) in [7, 11) is 1.55. The van der Waals surface area contributed by atoms with Crippen molar-refractivity contribution in [2.45, 2.75) is 13.0 Å². The van der Waals surface area contributed by atoms with Gasteiger partial charge >= 0.3 is 0 Å². The van der Waals surface area contributed by atoms with Crippen molar-refractivity contribution in [3.63, 3.8) is 0 Å². The molecule has 0 heterocycles. The van der Waals surface area contributed by atoms with Crippen molar-refractivity contribution in [3.05, 3.63) is 87.9 Å². The van der Waals surface area contributed by atoms with Gasteiger partial charge in [0, 0.05) is 26.9 Å². The molecular weight excluding hydrogens is 465 g/mol. The van der Waals surface area contributed by atoms with E-state index in [4.69, 9.17) is 32.7 Å². The lowest BCUT2D eigenvalue weighted by Gasteiger charge is -2.10. The van der Waals surface area contributed by atoms with Gasteiger partial charge in [-0.05, 0) is 48.5 Å². The molecule has 3 aromatic rings. The molecule has 0 atom stereocenters. The minimum absolute atomic E-state index is 0.250. The Balaban J connectivity index is 1.55. The first-order valence-corrected chi connectivity index (χ1v) is 10.6. The highest BCUT2D eigenvalue weighted by atomic mass is 35.5. The molecule has 170 valence electrons.